The van der Waals surface area contributed by atoms with Crippen molar-refractivity contribution in [2.75, 3.05) is 18.9 Å². The number of hydrogen-bond donors (Lipinski definition) is 2. The fourth-order valence-corrected chi connectivity index (χ4v) is 2.54. The van der Waals surface area contributed by atoms with Crippen LogP contribution in [0.5, 0.6) is 5.75 Å². The minimum atomic E-state index is -1.11. The van der Waals surface area contributed by atoms with Gasteiger partial charge in [0.25, 0.3) is 5.91 Å². The first-order valence-corrected chi connectivity index (χ1v) is 8.80. The Morgan fingerprint density at radius 2 is 1.75 bits per heavy atom. The van der Waals surface area contributed by atoms with Crippen molar-refractivity contribution in [1.29, 1.82) is 0 Å². The lowest BCUT2D eigenvalue weighted by Gasteiger charge is -2.21. The van der Waals surface area contributed by atoms with Crippen LogP contribution in [0.2, 0.25) is 0 Å². The minimum Gasteiger partial charge on any atom is -0.507 e. The van der Waals surface area contributed by atoms with Gasteiger partial charge in [0.05, 0.1) is 6.54 Å². The van der Waals surface area contributed by atoms with Crippen LogP contribution in [0.3, 0.4) is 0 Å². The molecule has 0 heterocycles. The lowest BCUT2D eigenvalue weighted by Crippen LogP contribution is -2.41. The van der Waals surface area contributed by atoms with Gasteiger partial charge in [-0.25, -0.2) is 4.79 Å². The molecular weight excluding hydrogens is 360 g/mol. The number of nitrogens with zero attached hydrogens (tertiary/aromatic N) is 1. The Balaban J connectivity index is 1.92. The molecule has 0 fully saturated rings. The van der Waals surface area contributed by atoms with Crippen LogP contribution in [-0.4, -0.2) is 47.5 Å². The van der Waals surface area contributed by atoms with Crippen molar-refractivity contribution in [2.24, 2.45) is 0 Å². The van der Waals surface area contributed by atoms with E-state index in [1.54, 1.807) is 31.2 Å². The van der Waals surface area contributed by atoms with Crippen LogP contribution in [0.1, 0.15) is 28.4 Å². The summed E-state index contributed by atoms with van der Waals surface area (Å²) in [6, 6.07) is 12.0. The molecule has 2 amide bonds. The van der Waals surface area contributed by atoms with E-state index in [1.807, 2.05) is 19.1 Å². The number of rotatable bonds is 6. The van der Waals surface area contributed by atoms with Gasteiger partial charge in [0, 0.05) is 12.7 Å². The zero-order valence-electron chi connectivity index (χ0n) is 16.4. The van der Waals surface area contributed by atoms with Crippen LogP contribution in [0.4, 0.5) is 5.69 Å². The van der Waals surface area contributed by atoms with Crippen LogP contribution in [-0.2, 0) is 14.3 Å². The number of anilines is 1. The normalized spacial score (nSPS) is 11.4. The minimum absolute atomic E-state index is 0.0144. The summed E-state index contributed by atoms with van der Waals surface area (Å²) >= 11 is 0. The zero-order chi connectivity index (χ0) is 20.8. The van der Waals surface area contributed by atoms with Crippen LogP contribution < -0.4 is 5.32 Å². The first-order chi connectivity index (χ1) is 13.2. The number of carbonyl (C=O) groups is 3. The Kier molecular flexibility index (Phi) is 6.76. The molecule has 7 heteroatoms. The van der Waals surface area contributed by atoms with E-state index in [-0.39, 0.29) is 23.8 Å². The summed E-state index contributed by atoms with van der Waals surface area (Å²) in [5.41, 5.74) is 2.21. The molecule has 0 bridgehead atoms. The lowest BCUT2D eigenvalue weighted by molar-refractivity contribution is -0.140. The van der Waals surface area contributed by atoms with Gasteiger partial charge in [-0.1, -0.05) is 29.8 Å². The maximum atomic E-state index is 12.4. The highest BCUT2D eigenvalue weighted by molar-refractivity contribution is 5.97. The van der Waals surface area contributed by atoms with Crippen LogP contribution in [0.15, 0.2) is 42.5 Å². The molecule has 2 rings (SSSR count). The van der Waals surface area contributed by atoms with Gasteiger partial charge in [-0.15, -0.1) is 0 Å². The molecule has 1 atom stereocenters. The number of likely N-dealkylation sites (N-methyl/N-ethyl adjacent to an activating group) is 1. The Morgan fingerprint density at radius 3 is 2.39 bits per heavy atom. The molecule has 0 spiro atoms. The average Bonchev–Trinajstić information content (AvgIpc) is 2.64. The van der Waals surface area contributed by atoms with E-state index < -0.39 is 18.0 Å². The fourth-order valence-electron chi connectivity index (χ4n) is 2.54. The molecule has 0 unspecified atom stereocenters. The highest BCUT2D eigenvalue weighted by atomic mass is 16.5. The third-order valence-corrected chi connectivity index (χ3v) is 4.18. The van der Waals surface area contributed by atoms with Crippen molar-refractivity contribution in [3.63, 3.8) is 0 Å². The molecule has 2 aromatic carbocycles. The predicted octanol–water partition coefficient (Wildman–Crippen LogP) is 2.65. The highest BCUT2D eigenvalue weighted by Crippen LogP contribution is 2.22. The van der Waals surface area contributed by atoms with Gasteiger partial charge in [0.15, 0.2) is 6.10 Å². The molecule has 2 aromatic rings. The number of phenolic OH excluding ortho intramolecular Hbond substituents is 1. The van der Waals surface area contributed by atoms with E-state index in [9.17, 15) is 19.5 Å². The Labute approximate surface area is 163 Å². The summed E-state index contributed by atoms with van der Waals surface area (Å²) in [7, 11) is 1.45. The second-order valence-corrected chi connectivity index (χ2v) is 6.63. The quantitative estimate of drug-likeness (QED) is 0.747. The van der Waals surface area contributed by atoms with Gasteiger partial charge < -0.3 is 20.1 Å². The van der Waals surface area contributed by atoms with Crippen molar-refractivity contribution in [3.05, 3.63) is 59.2 Å². The van der Waals surface area contributed by atoms with Gasteiger partial charge in [-0.2, -0.15) is 0 Å². The highest BCUT2D eigenvalue weighted by Gasteiger charge is 2.25. The fraction of sp³-hybridized carbons (Fsp3) is 0.286. The molecule has 7 nitrogen and oxygen atoms in total. The van der Waals surface area contributed by atoms with E-state index >= 15 is 0 Å². The maximum absolute atomic E-state index is 12.4. The topological polar surface area (TPSA) is 95.9 Å². The maximum Gasteiger partial charge on any atom is 0.342 e. The summed E-state index contributed by atoms with van der Waals surface area (Å²) in [6.07, 6.45) is -1.11. The number of aryl methyl sites for hydroxylation is 2. The third kappa shape index (κ3) is 5.33. The van der Waals surface area contributed by atoms with Crippen LogP contribution in [0, 0.1) is 13.8 Å². The summed E-state index contributed by atoms with van der Waals surface area (Å²) in [5, 5.41) is 12.7. The number of ether oxygens (including phenoxy) is 1. The number of phenols is 1. The first-order valence-electron chi connectivity index (χ1n) is 8.80. The Hall–Kier alpha value is -3.35. The molecule has 28 heavy (non-hydrogen) atoms. The van der Waals surface area contributed by atoms with Gasteiger partial charge in [-0.3, -0.25) is 9.59 Å². The lowest BCUT2D eigenvalue weighted by atomic mass is 10.1. The predicted molar refractivity (Wildman–Crippen MR) is 105 cm³/mol. The van der Waals surface area contributed by atoms with Crippen LogP contribution in [0.25, 0.3) is 0 Å². The molecule has 0 radical (unpaired) electrons. The molecule has 0 aliphatic carbocycles. The third-order valence-electron chi connectivity index (χ3n) is 4.18. The van der Waals surface area contributed by atoms with Gasteiger partial charge in [0.2, 0.25) is 5.91 Å². The smallest absolute Gasteiger partial charge is 0.342 e. The number of nitrogens with one attached hydrogen (secondary N) is 1. The second-order valence-electron chi connectivity index (χ2n) is 6.63. The van der Waals surface area contributed by atoms with E-state index in [4.69, 9.17) is 4.74 Å². The molecule has 0 aromatic heterocycles. The molecule has 0 aliphatic heterocycles. The summed E-state index contributed by atoms with van der Waals surface area (Å²) in [5.74, 6) is -1.88. The first kappa shape index (κ1) is 21.0. The van der Waals surface area contributed by atoms with Gasteiger partial charge in [0.1, 0.15) is 11.3 Å². The van der Waals surface area contributed by atoms with Gasteiger partial charge in [-0.05, 0) is 44.5 Å². The number of benzene rings is 2. The van der Waals surface area contributed by atoms with Crippen molar-refractivity contribution >= 4 is 23.5 Å². The van der Waals surface area contributed by atoms with Crippen molar-refractivity contribution in [1.82, 2.24) is 4.90 Å². The molecular formula is C21H24N2O5. The summed E-state index contributed by atoms with van der Waals surface area (Å²) < 4.78 is 5.15. The SMILES string of the molecule is Cc1ccc(NC(=O)CN(C)C(=O)[C@H](C)OC(=O)c2cccc(C)c2O)cc1. The van der Waals surface area contributed by atoms with Gasteiger partial charge >= 0.3 is 5.97 Å². The van der Waals surface area contributed by atoms with Crippen molar-refractivity contribution in [2.45, 2.75) is 26.9 Å². The molecule has 148 valence electrons. The Morgan fingerprint density at radius 1 is 1.11 bits per heavy atom. The number of carbonyl (C=O) groups excluding carboxylic acids is 3. The summed E-state index contributed by atoms with van der Waals surface area (Å²) in [6.45, 7) is 4.82. The number of amides is 2. The second kappa shape index (κ2) is 9.03. The number of aromatic hydroxyl groups is 1. The molecule has 0 saturated heterocycles. The van der Waals surface area contributed by atoms with Crippen molar-refractivity contribution in [3.8, 4) is 5.75 Å². The molecule has 0 aliphatic rings. The van der Waals surface area contributed by atoms with Crippen molar-refractivity contribution < 1.29 is 24.2 Å². The zero-order valence-corrected chi connectivity index (χ0v) is 16.4. The molecule has 2 N–H and O–H groups in total. The Bertz CT molecular complexity index is 877. The van der Waals surface area contributed by atoms with E-state index in [0.29, 0.717) is 11.3 Å². The standard InChI is InChI=1S/C21H24N2O5/c1-13-8-10-16(11-9-13)22-18(24)12-23(4)20(26)15(3)28-21(27)17-7-5-6-14(2)19(17)25/h5-11,15,25H,12H2,1-4H3,(H,22,24)/t15-/m0/s1. The van der Waals surface area contributed by atoms with Crippen LogP contribution >= 0.6 is 0 Å². The largest absolute Gasteiger partial charge is 0.507 e. The number of para-hydroxylation sites is 1. The average molecular weight is 384 g/mol. The van der Waals surface area contributed by atoms with E-state index in [2.05, 4.69) is 5.32 Å². The van der Waals surface area contributed by atoms with E-state index in [1.165, 1.54) is 24.9 Å². The van der Waals surface area contributed by atoms with E-state index in [0.717, 1.165) is 5.56 Å². The number of esters is 1. The molecule has 0 saturated carbocycles. The monoisotopic (exact) mass is 384 g/mol. The summed E-state index contributed by atoms with van der Waals surface area (Å²) in [4.78, 5) is 37.9. The number of hydrogen-bond acceptors (Lipinski definition) is 5.